The number of hydrogen-bond acceptors (Lipinski definition) is 5. The van der Waals surface area contributed by atoms with Gasteiger partial charge >= 0.3 is 0 Å². The third-order valence-electron chi connectivity index (χ3n) is 4.21. The molecule has 25 heavy (non-hydrogen) atoms. The van der Waals surface area contributed by atoms with E-state index in [1.54, 1.807) is 30.3 Å². The highest BCUT2D eigenvalue weighted by Gasteiger charge is 2.24. The lowest BCUT2D eigenvalue weighted by molar-refractivity contribution is -0.132. The molecule has 0 bridgehead atoms. The molecule has 2 aromatic rings. The summed E-state index contributed by atoms with van der Waals surface area (Å²) in [6, 6.07) is 10.3. The van der Waals surface area contributed by atoms with E-state index in [2.05, 4.69) is 10.2 Å². The summed E-state index contributed by atoms with van der Waals surface area (Å²) >= 11 is 0. The zero-order chi connectivity index (χ0) is 17.8. The van der Waals surface area contributed by atoms with Crippen LogP contribution in [0.2, 0.25) is 0 Å². The highest BCUT2D eigenvalue weighted by molar-refractivity contribution is 6.07. The third kappa shape index (κ3) is 4.15. The van der Waals surface area contributed by atoms with Gasteiger partial charge in [0.05, 0.1) is 6.61 Å². The fraction of sp³-hybridized carbons (Fsp3) is 0.368. The predicted molar refractivity (Wildman–Crippen MR) is 93.8 cm³/mol. The Balaban J connectivity index is 1.63. The molecule has 0 spiro atoms. The van der Waals surface area contributed by atoms with Crippen molar-refractivity contribution in [2.75, 3.05) is 32.1 Å². The smallest absolute Gasteiger partial charge is 0.254 e. The monoisotopic (exact) mass is 342 g/mol. The quantitative estimate of drug-likeness (QED) is 0.845. The number of hydrogen-bond donors (Lipinski definition) is 1. The second-order valence-electron chi connectivity index (χ2n) is 6.14. The van der Waals surface area contributed by atoms with Gasteiger partial charge in [0, 0.05) is 30.8 Å². The Morgan fingerprint density at radius 2 is 1.96 bits per heavy atom. The molecule has 1 amide bonds. The number of amides is 1. The van der Waals surface area contributed by atoms with E-state index in [0.29, 0.717) is 30.2 Å². The number of carbonyl (C=O) groups excluding carboxylic acids is 2. The van der Waals surface area contributed by atoms with Crippen LogP contribution in [0.4, 0.5) is 5.69 Å². The summed E-state index contributed by atoms with van der Waals surface area (Å²) in [5.74, 6) is 0.760. The Labute approximate surface area is 146 Å². The summed E-state index contributed by atoms with van der Waals surface area (Å²) < 4.78 is 11.0. The maximum absolute atomic E-state index is 12.4. The number of ether oxygens (including phenoxy) is 1. The lowest BCUT2D eigenvalue weighted by atomic mass is 10.1. The molecule has 0 aliphatic carbocycles. The standard InChI is InChI=1S/C19H22N2O4/c1-3-15-8-9-16(25-15)18(22)13-4-6-14(7-5-13)20-19(23)17-12-21(2)10-11-24-17/h4-9,17H,3,10-12H2,1-2H3,(H,20,23). The van der Waals surface area contributed by atoms with Crippen molar-refractivity contribution in [1.82, 2.24) is 4.90 Å². The summed E-state index contributed by atoms with van der Waals surface area (Å²) in [5, 5.41) is 2.83. The Morgan fingerprint density at radius 3 is 2.60 bits per heavy atom. The first-order valence-electron chi connectivity index (χ1n) is 8.41. The molecule has 6 nitrogen and oxygen atoms in total. The molecular weight excluding hydrogens is 320 g/mol. The molecule has 132 valence electrons. The number of anilines is 1. The van der Waals surface area contributed by atoms with E-state index in [1.807, 2.05) is 20.0 Å². The van der Waals surface area contributed by atoms with Crippen LogP contribution < -0.4 is 5.32 Å². The van der Waals surface area contributed by atoms with Crippen molar-refractivity contribution in [2.45, 2.75) is 19.4 Å². The molecule has 1 fully saturated rings. The highest BCUT2D eigenvalue weighted by atomic mass is 16.5. The summed E-state index contributed by atoms with van der Waals surface area (Å²) in [5.41, 5.74) is 1.15. The van der Waals surface area contributed by atoms with Crippen molar-refractivity contribution in [3.63, 3.8) is 0 Å². The Morgan fingerprint density at radius 1 is 1.20 bits per heavy atom. The minimum atomic E-state index is -0.476. The molecule has 0 radical (unpaired) electrons. The van der Waals surface area contributed by atoms with Crippen molar-refractivity contribution >= 4 is 17.4 Å². The van der Waals surface area contributed by atoms with Gasteiger partial charge in [0.15, 0.2) is 5.76 Å². The first-order chi connectivity index (χ1) is 12.1. The number of morpholine rings is 1. The normalized spacial score (nSPS) is 18.1. The summed E-state index contributed by atoms with van der Waals surface area (Å²) in [6.07, 6.45) is 0.270. The predicted octanol–water partition coefficient (Wildman–Crippen LogP) is 2.34. The average molecular weight is 342 g/mol. The van der Waals surface area contributed by atoms with Gasteiger partial charge in [0.25, 0.3) is 5.91 Å². The fourth-order valence-electron chi connectivity index (χ4n) is 2.70. The molecule has 0 saturated carbocycles. The number of carbonyl (C=O) groups is 2. The van der Waals surface area contributed by atoms with E-state index >= 15 is 0 Å². The largest absolute Gasteiger partial charge is 0.458 e. The number of nitrogens with zero attached hydrogens (tertiary/aromatic N) is 1. The Bertz CT molecular complexity index is 751. The maximum atomic E-state index is 12.4. The summed E-state index contributed by atoms with van der Waals surface area (Å²) in [7, 11) is 1.96. The Hall–Kier alpha value is -2.44. The van der Waals surface area contributed by atoms with Gasteiger partial charge in [0.2, 0.25) is 5.78 Å². The van der Waals surface area contributed by atoms with E-state index < -0.39 is 6.10 Å². The number of rotatable bonds is 5. The second kappa shape index (κ2) is 7.63. The third-order valence-corrected chi connectivity index (χ3v) is 4.21. The highest BCUT2D eigenvalue weighted by Crippen LogP contribution is 2.17. The molecule has 1 aliphatic rings. The number of nitrogens with one attached hydrogen (secondary N) is 1. The Kier molecular flexibility index (Phi) is 5.31. The van der Waals surface area contributed by atoms with E-state index in [0.717, 1.165) is 18.7 Å². The lowest BCUT2D eigenvalue weighted by Gasteiger charge is -2.29. The van der Waals surface area contributed by atoms with Crippen LogP contribution in [0.1, 0.15) is 28.8 Å². The molecule has 1 saturated heterocycles. The van der Waals surface area contributed by atoms with Gasteiger partial charge in [-0.3, -0.25) is 9.59 Å². The SMILES string of the molecule is CCc1ccc(C(=O)c2ccc(NC(=O)C3CN(C)CCO3)cc2)o1. The van der Waals surface area contributed by atoms with E-state index in [-0.39, 0.29) is 11.7 Å². The summed E-state index contributed by atoms with van der Waals surface area (Å²) in [6.45, 7) is 3.91. The van der Waals surface area contributed by atoms with Gasteiger partial charge in [0.1, 0.15) is 11.9 Å². The zero-order valence-corrected chi connectivity index (χ0v) is 14.5. The van der Waals surface area contributed by atoms with Crippen LogP contribution in [0.25, 0.3) is 0 Å². The number of benzene rings is 1. The van der Waals surface area contributed by atoms with Crippen LogP contribution in [-0.2, 0) is 16.0 Å². The minimum Gasteiger partial charge on any atom is -0.458 e. The number of ketones is 1. The fourth-order valence-corrected chi connectivity index (χ4v) is 2.70. The molecule has 1 atom stereocenters. The first-order valence-corrected chi connectivity index (χ1v) is 8.41. The van der Waals surface area contributed by atoms with Crippen LogP contribution in [0.15, 0.2) is 40.8 Å². The molecular formula is C19H22N2O4. The molecule has 1 aromatic heterocycles. The zero-order valence-electron chi connectivity index (χ0n) is 14.5. The molecule has 1 N–H and O–H groups in total. The van der Waals surface area contributed by atoms with Gasteiger partial charge in [-0.15, -0.1) is 0 Å². The summed E-state index contributed by atoms with van der Waals surface area (Å²) in [4.78, 5) is 26.7. The van der Waals surface area contributed by atoms with Crippen molar-refractivity contribution in [3.05, 3.63) is 53.5 Å². The number of likely N-dealkylation sites (N-methyl/N-ethyl adjacent to an activating group) is 1. The van der Waals surface area contributed by atoms with Crippen LogP contribution in [-0.4, -0.2) is 49.4 Å². The van der Waals surface area contributed by atoms with Gasteiger partial charge in [-0.05, 0) is 43.4 Å². The van der Waals surface area contributed by atoms with Crippen LogP contribution in [0.5, 0.6) is 0 Å². The molecule has 1 aromatic carbocycles. The van der Waals surface area contributed by atoms with Crippen molar-refractivity contribution in [1.29, 1.82) is 0 Å². The van der Waals surface area contributed by atoms with Crippen LogP contribution in [0.3, 0.4) is 0 Å². The van der Waals surface area contributed by atoms with Gasteiger partial charge in [-0.2, -0.15) is 0 Å². The molecule has 1 unspecified atom stereocenters. The molecule has 6 heteroatoms. The second-order valence-corrected chi connectivity index (χ2v) is 6.14. The van der Waals surface area contributed by atoms with E-state index in [9.17, 15) is 9.59 Å². The topological polar surface area (TPSA) is 71.8 Å². The van der Waals surface area contributed by atoms with Crippen molar-refractivity contribution in [2.24, 2.45) is 0 Å². The maximum Gasteiger partial charge on any atom is 0.254 e. The van der Waals surface area contributed by atoms with Crippen LogP contribution >= 0.6 is 0 Å². The number of aryl methyl sites for hydroxylation is 1. The van der Waals surface area contributed by atoms with E-state index in [1.165, 1.54) is 0 Å². The lowest BCUT2D eigenvalue weighted by Crippen LogP contribution is -2.46. The average Bonchev–Trinajstić information content (AvgIpc) is 3.11. The van der Waals surface area contributed by atoms with Gasteiger partial charge < -0.3 is 19.4 Å². The first kappa shape index (κ1) is 17.4. The molecule has 3 rings (SSSR count). The molecule has 1 aliphatic heterocycles. The van der Waals surface area contributed by atoms with E-state index in [4.69, 9.17) is 9.15 Å². The van der Waals surface area contributed by atoms with Crippen LogP contribution in [0, 0.1) is 0 Å². The minimum absolute atomic E-state index is 0.171. The van der Waals surface area contributed by atoms with Crippen molar-refractivity contribution < 1.29 is 18.7 Å². The van der Waals surface area contributed by atoms with Gasteiger partial charge in [-0.1, -0.05) is 6.92 Å². The van der Waals surface area contributed by atoms with Gasteiger partial charge in [-0.25, -0.2) is 0 Å². The van der Waals surface area contributed by atoms with Crippen molar-refractivity contribution in [3.8, 4) is 0 Å². The molecule has 2 heterocycles. The number of furan rings is 1.